The molecule has 0 aliphatic rings. The molecule has 0 atom stereocenters. The number of H-pyrrole nitrogens is 1. The number of rotatable bonds is 7. The zero-order valence-electron chi connectivity index (χ0n) is 15.9. The van der Waals surface area contributed by atoms with Crippen LogP contribution in [-0.2, 0) is 17.6 Å². The van der Waals surface area contributed by atoms with E-state index in [0.29, 0.717) is 30.7 Å². The Bertz CT molecular complexity index is 1180. The highest BCUT2D eigenvalue weighted by Crippen LogP contribution is 2.19. The van der Waals surface area contributed by atoms with Crippen LogP contribution in [0.2, 0.25) is 0 Å². The highest BCUT2D eigenvalue weighted by molar-refractivity contribution is 5.79. The summed E-state index contributed by atoms with van der Waals surface area (Å²) in [6.45, 7) is 0.466. The lowest BCUT2D eigenvalue weighted by molar-refractivity contribution is -0.121. The number of carbonyl (C=O) groups excluding carboxylic acids is 1. The van der Waals surface area contributed by atoms with Gasteiger partial charge in [-0.15, -0.1) is 0 Å². The molecule has 0 saturated carbocycles. The third-order valence-electron chi connectivity index (χ3n) is 4.77. The van der Waals surface area contributed by atoms with Gasteiger partial charge in [0.1, 0.15) is 0 Å². The van der Waals surface area contributed by atoms with Crippen LogP contribution in [0.25, 0.3) is 22.2 Å². The third-order valence-corrected chi connectivity index (χ3v) is 4.77. The number of aromatic amines is 1. The van der Waals surface area contributed by atoms with Gasteiger partial charge in [0.15, 0.2) is 5.76 Å². The van der Waals surface area contributed by atoms with Gasteiger partial charge in [0, 0.05) is 42.1 Å². The maximum absolute atomic E-state index is 12.2. The summed E-state index contributed by atoms with van der Waals surface area (Å²) in [7, 11) is 0. The molecule has 0 aliphatic heterocycles. The SMILES string of the molecule is O=C(CCc1cc2ccccc2[nH]c1=O)NCCc1cc(-c2ccccc2)on1. The number of hydrogen-bond acceptors (Lipinski definition) is 4. The lowest BCUT2D eigenvalue weighted by Crippen LogP contribution is -2.26. The smallest absolute Gasteiger partial charge is 0.251 e. The van der Waals surface area contributed by atoms with Crippen molar-refractivity contribution in [3.05, 3.63) is 88.3 Å². The number of pyridine rings is 1. The second-order valence-corrected chi connectivity index (χ2v) is 6.86. The third kappa shape index (κ3) is 4.60. The van der Waals surface area contributed by atoms with Crippen LogP contribution in [0.4, 0.5) is 0 Å². The molecule has 4 aromatic rings. The van der Waals surface area contributed by atoms with Crippen molar-refractivity contribution in [2.24, 2.45) is 0 Å². The second kappa shape index (κ2) is 8.56. The van der Waals surface area contributed by atoms with E-state index in [9.17, 15) is 9.59 Å². The fraction of sp³-hybridized carbons (Fsp3) is 0.174. The van der Waals surface area contributed by atoms with Crippen molar-refractivity contribution in [3.63, 3.8) is 0 Å². The van der Waals surface area contributed by atoms with E-state index in [0.717, 1.165) is 22.2 Å². The summed E-state index contributed by atoms with van der Waals surface area (Å²) in [6, 6.07) is 21.1. The molecule has 6 heteroatoms. The van der Waals surface area contributed by atoms with Gasteiger partial charge in [-0.1, -0.05) is 53.7 Å². The topological polar surface area (TPSA) is 88.0 Å². The molecule has 0 saturated heterocycles. The molecule has 2 heterocycles. The average Bonchev–Trinajstić information content (AvgIpc) is 3.22. The lowest BCUT2D eigenvalue weighted by Gasteiger charge is -2.05. The molecule has 6 nitrogen and oxygen atoms in total. The first-order chi connectivity index (χ1) is 14.2. The van der Waals surface area contributed by atoms with Gasteiger partial charge in [0.2, 0.25) is 5.91 Å². The molecule has 2 N–H and O–H groups in total. The first kappa shape index (κ1) is 18.7. The summed E-state index contributed by atoms with van der Waals surface area (Å²) >= 11 is 0. The number of benzene rings is 2. The Balaban J connectivity index is 1.27. The van der Waals surface area contributed by atoms with Crippen molar-refractivity contribution in [1.82, 2.24) is 15.5 Å². The Kier molecular flexibility index (Phi) is 5.52. The fourth-order valence-electron chi connectivity index (χ4n) is 3.21. The Morgan fingerprint density at radius 2 is 1.79 bits per heavy atom. The van der Waals surface area contributed by atoms with Crippen molar-refractivity contribution in [1.29, 1.82) is 0 Å². The standard InChI is InChI=1S/C23H21N3O3/c27-22(11-10-18-14-17-8-4-5-9-20(17)25-23(18)28)24-13-12-19-15-21(29-26-19)16-6-2-1-3-7-16/h1-9,14-15H,10-13H2,(H,24,27)(H,25,28). The Morgan fingerprint density at radius 3 is 2.66 bits per heavy atom. The zero-order valence-corrected chi connectivity index (χ0v) is 15.9. The predicted octanol–water partition coefficient (Wildman–Crippen LogP) is 3.47. The largest absolute Gasteiger partial charge is 0.356 e. The molecule has 4 rings (SSSR count). The van der Waals surface area contributed by atoms with Crippen LogP contribution >= 0.6 is 0 Å². The van der Waals surface area contributed by atoms with Crippen molar-refractivity contribution in [2.45, 2.75) is 19.3 Å². The Morgan fingerprint density at radius 1 is 1.00 bits per heavy atom. The van der Waals surface area contributed by atoms with E-state index in [1.807, 2.05) is 66.7 Å². The van der Waals surface area contributed by atoms with Gasteiger partial charge in [-0.2, -0.15) is 0 Å². The van der Waals surface area contributed by atoms with Crippen molar-refractivity contribution < 1.29 is 9.32 Å². The van der Waals surface area contributed by atoms with Gasteiger partial charge in [0.25, 0.3) is 5.56 Å². The molecular formula is C23H21N3O3. The summed E-state index contributed by atoms with van der Waals surface area (Å²) in [5.41, 5.74) is 3.02. The molecule has 0 radical (unpaired) electrons. The van der Waals surface area contributed by atoms with Crippen LogP contribution in [0, 0.1) is 0 Å². The number of aryl methyl sites for hydroxylation is 1. The van der Waals surface area contributed by atoms with Crippen LogP contribution < -0.4 is 10.9 Å². The van der Waals surface area contributed by atoms with Crippen LogP contribution in [0.5, 0.6) is 0 Å². The van der Waals surface area contributed by atoms with Gasteiger partial charge >= 0.3 is 0 Å². The van der Waals surface area contributed by atoms with E-state index in [-0.39, 0.29) is 17.9 Å². The molecule has 0 fully saturated rings. The van der Waals surface area contributed by atoms with E-state index in [1.54, 1.807) is 0 Å². The minimum absolute atomic E-state index is 0.0932. The summed E-state index contributed by atoms with van der Waals surface area (Å²) < 4.78 is 5.36. The number of nitrogens with one attached hydrogen (secondary N) is 2. The van der Waals surface area contributed by atoms with Crippen molar-refractivity contribution in [2.75, 3.05) is 6.54 Å². The molecule has 0 spiro atoms. The predicted molar refractivity (Wildman–Crippen MR) is 112 cm³/mol. The molecule has 0 unspecified atom stereocenters. The number of amides is 1. The number of aromatic nitrogens is 2. The van der Waals surface area contributed by atoms with Crippen LogP contribution in [0.15, 0.2) is 76.0 Å². The highest BCUT2D eigenvalue weighted by atomic mass is 16.5. The number of fused-ring (bicyclic) bond motifs is 1. The molecule has 29 heavy (non-hydrogen) atoms. The van der Waals surface area contributed by atoms with Gasteiger partial charge in [0.05, 0.1) is 5.69 Å². The van der Waals surface area contributed by atoms with Gasteiger partial charge in [-0.3, -0.25) is 9.59 Å². The zero-order chi connectivity index (χ0) is 20.1. The number of nitrogens with zero attached hydrogens (tertiary/aromatic N) is 1. The molecule has 2 aromatic heterocycles. The maximum Gasteiger partial charge on any atom is 0.251 e. The molecule has 2 aromatic carbocycles. The number of carbonyl (C=O) groups is 1. The second-order valence-electron chi connectivity index (χ2n) is 6.86. The Labute approximate surface area is 167 Å². The minimum Gasteiger partial charge on any atom is -0.356 e. The van der Waals surface area contributed by atoms with Crippen LogP contribution in [0.1, 0.15) is 17.7 Å². The maximum atomic E-state index is 12.2. The normalized spacial score (nSPS) is 10.9. The molecule has 146 valence electrons. The summed E-state index contributed by atoms with van der Waals surface area (Å²) in [6.07, 6.45) is 1.24. The van der Waals surface area contributed by atoms with Crippen molar-refractivity contribution in [3.8, 4) is 11.3 Å². The highest BCUT2D eigenvalue weighted by Gasteiger charge is 2.09. The first-order valence-corrected chi connectivity index (χ1v) is 9.58. The number of hydrogen-bond donors (Lipinski definition) is 2. The van der Waals surface area contributed by atoms with E-state index < -0.39 is 0 Å². The molecular weight excluding hydrogens is 366 g/mol. The quantitative estimate of drug-likeness (QED) is 0.508. The van der Waals surface area contributed by atoms with Gasteiger partial charge in [-0.05, 0) is 23.9 Å². The molecule has 0 bridgehead atoms. The van der Waals surface area contributed by atoms with E-state index in [1.165, 1.54) is 0 Å². The first-order valence-electron chi connectivity index (χ1n) is 9.58. The lowest BCUT2D eigenvalue weighted by atomic mass is 10.1. The minimum atomic E-state index is -0.146. The summed E-state index contributed by atoms with van der Waals surface area (Å²) in [4.78, 5) is 27.2. The van der Waals surface area contributed by atoms with Gasteiger partial charge in [-0.25, -0.2) is 0 Å². The van der Waals surface area contributed by atoms with E-state index >= 15 is 0 Å². The Hall–Kier alpha value is -3.67. The molecule has 0 aliphatic carbocycles. The monoisotopic (exact) mass is 387 g/mol. The molecule has 1 amide bonds. The van der Waals surface area contributed by atoms with Crippen LogP contribution in [0.3, 0.4) is 0 Å². The summed E-state index contributed by atoms with van der Waals surface area (Å²) in [5, 5.41) is 7.89. The van der Waals surface area contributed by atoms with Crippen LogP contribution in [-0.4, -0.2) is 22.6 Å². The van der Waals surface area contributed by atoms with E-state index in [2.05, 4.69) is 15.5 Å². The average molecular weight is 387 g/mol. The number of para-hydroxylation sites is 1. The fourth-order valence-corrected chi connectivity index (χ4v) is 3.21. The van der Waals surface area contributed by atoms with E-state index in [4.69, 9.17) is 4.52 Å². The summed E-state index contributed by atoms with van der Waals surface area (Å²) in [5.74, 6) is 0.617. The van der Waals surface area contributed by atoms with Crippen molar-refractivity contribution >= 4 is 16.8 Å². The van der Waals surface area contributed by atoms with Gasteiger partial charge < -0.3 is 14.8 Å².